The number of fused-ring (bicyclic) bond motifs is 1. The monoisotopic (exact) mass is 343 g/mol. The van der Waals surface area contributed by atoms with E-state index in [1.165, 1.54) is 11.1 Å². The molecule has 3 rings (SSSR count). The van der Waals surface area contributed by atoms with Crippen LogP contribution in [0.2, 0.25) is 0 Å². The molecule has 134 valence electrons. The molecule has 1 amide bonds. The maximum absolute atomic E-state index is 11.9. The number of nitrogens with zero attached hydrogens (tertiary/aromatic N) is 3. The molecule has 0 atom stereocenters. The first-order valence-corrected chi connectivity index (χ1v) is 8.87. The molecule has 6 heteroatoms. The Morgan fingerprint density at radius 1 is 1.32 bits per heavy atom. The second-order valence-corrected chi connectivity index (χ2v) is 5.93. The summed E-state index contributed by atoms with van der Waals surface area (Å²) < 4.78 is 12.7. The van der Waals surface area contributed by atoms with Crippen LogP contribution in [0.15, 0.2) is 30.6 Å². The Labute approximate surface area is 148 Å². The fourth-order valence-electron chi connectivity index (χ4n) is 3.15. The zero-order valence-corrected chi connectivity index (χ0v) is 14.9. The molecule has 3 heterocycles. The van der Waals surface area contributed by atoms with E-state index in [0.29, 0.717) is 32.9 Å². The number of hydrogen-bond donors (Lipinski definition) is 0. The molecule has 0 saturated carbocycles. The Hall–Kier alpha value is -2.34. The number of aromatic nitrogens is 2. The molecule has 2 aromatic heterocycles. The average Bonchev–Trinajstić information content (AvgIpc) is 3.01. The minimum atomic E-state index is -0.237. The maximum Gasteiger partial charge on any atom is 0.410 e. The summed E-state index contributed by atoms with van der Waals surface area (Å²) in [4.78, 5) is 18.1. The lowest BCUT2D eigenvalue weighted by Crippen LogP contribution is -2.35. The summed E-state index contributed by atoms with van der Waals surface area (Å²) in [5, 5.41) is 1.15. The first-order valence-electron chi connectivity index (χ1n) is 8.87. The van der Waals surface area contributed by atoms with Gasteiger partial charge in [0.2, 0.25) is 0 Å². The van der Waals surface area contributed by atoms with Gasteiger partial charge >= 0.3 is 6.09 Å². The molecule has 0 radical (unpaired) electrons. The summed E-state index contributed by atoms with van der Waals surface area (Å²) in [5.74, 6) is 0. The number of carbonyl (C=O) groups is 1. The summed E-state index contributed by atoms with van der Waals surface area (Å²) in [6.45, 7) is 7.66. The number of amides is 1. The van der Waals surface area contributed by atoms with E-state index < -0.39 is 0 Å². The zero-order chi connectivity index (χ0) is 17.6. The lowest BCUT2D eigenvalue weighted by Gasteiger charge is -2.25. The largest absolute Gasteiger partial charge is 0.450 e. The SMILES string of the molecule is CCOCCn1cc(C2=CCN(C(=O)OCC)CC2)c2cccnc21. The van der Waals surface area contributed by atoms with Crippen molar-refractivity contribution >= 4 is 22.7 Å². The number of ether oxygens (including phenoxy) is 2. The fourth-order valence-corrected chi connectivity index (χ4v) is 3.15. The van der Waals surface area contributed by atoms with Crippen LogP contribution in [-0.4, -0.2) is 53.5 Å². The second-order valence-electron chi connectivity index (χ2n) is 5.93. The summed E-state index contributed by atoms with van der Waals surface area (Å²) in [7, 11) is 0. The van der Waals surface area contributed by atoms with E-state index in [0.717, 1.165) is 24.0 Å². The Morgan fingerprint density at radius 3 is 2.92 bits per heavy atom. The van der Waals surface area contributed by atoms with Crippen molar-refractivity contribution in [3.63, 3.8) is 0 Å². The topological polar surface area (TPSA) is 56.6 Å². The minimum absolute atomic E-state index is 0.237. The first kappa shape index (κ1) is 17.5. The van der Waals surface area contributed by atoms with E-state index >= 15 is 0 Å². The van der Waals surface area contributed by atoms with Crippen molar-refractivity contribution in [1.82, 2.24) is 14.5 Å². The van der Waals surface area contributed by atoms with Crippen molar-refractivity contribution in [2.75, 3.05) is 32.9 Å². The van der Waals surface area contributed by atoms with Crippen molar-refractivity contribution in [2.45, 2.75) is 26.8 Å². The van der Waals surface area contributed by atoms with Gasteiger partial charge in [0.1, 0.15) is 5.65 Å². The molecular formula is C19H25N3O3. The molecule has 1 aliphatic rings. The highest BCUT2D eigenvalue weighted by Crippen LogP contribution is 2.30. The lowest BCUT2D eigenvalue weighted by molar-refractivity contribution is 0.111. The molecular weight excluding hydrogens is 318 g/mol. The third-order valence-corrected chi connectivity index (χ3v) is 4.40. The highest BCUT2D eigenvalue weighted by molar-refractivity contribution is 5.91. The summed E-state index contributed by atoms with van der Waals surface area (Å²) in [6, 6.07) is 4.07. The third kappa shape index (κ3) is 3.85. The first-order chi connectivity index (χ1) is 12.2. The van der Waals surface area contributed by atoms with Gasteiger partial charge in [-0.15, -0.1) is 0 Å². The van der Waals surface area contributed by atoms with Gasteiger partial charge in [-0.05, 0) is 38.0 Å². The van der Waals surface area contributed by atoms with Crippen LogP contribution in [0.25, 0.3) is 16.6 Å². The van der Waals surface area contributed by atoms with Crippen molar-refractivity contribution in [2.24, 2.45) is 0 Å². The lowest BCUT2D eigenvalue weighted by atomic mass is 10.00. The van der Waals surface area contributed by atoms with E-state index in [1.54, 1.807) is 4.90 Å². The van der Waals surface area contributed by atoms with Crippen molar-refractivity contribution < 1.29 is 14.3 Å². The van der Waals surface area contributed by atoms with Crippen LogP contribution in [-0.2, 0) is 16.0 Å². The Kier molecular flexibility index (Phi) is 5.71. The van der Waals surface area contributed by atoms with Crippen LogP contribution in [0.4, 0.5) is 4.79 Å². The van der Waals surface area contributed by atoms with E-state index in [2.05, 4.69) is 27.9 Å². The number of carbonyl (C=O) groups excluding carboxylic acids is 1. The molecule has 0 fully saturated rings. The molecule has 0 saturated heterocycles. The van der Waals surface area contributed by atoms with Crippen LogP contribution in [0.1, 0.15) is 25.8 Å². The predicted molar refractivity (Wildman–Crippen MR) is 97.4 cm³/mol. The van der Waals surface area contributed by atoms with E-state index in [9.17, 15) is 4.79 Å². The van der Waals surface area contributed by atoms with E-state index in [1.807, 2.05) is 26.1 Å². The van der Waals surface area contributed by atoms with Crippen molar-refractivity contribution in [3.8, 4) is 0 Å². The van der Waals surface area contributed by atoms with Crippen molar-refractivity contribution in [1.29, 1.82) is 0 Å². The standard InChI is InChI=1S/C19H25N3O3/c1-3-24-13-12-22-14-17(16-6-5-9-20-18(16)22)15-7-10-21(11-8-15)19(23)25-4-2/h5-7,9,14H,3-4,8,10-13H2,1-2H3. The molecule has 6 nitrogen and oxygen atoms in total. The summed E-state index contributed by atoms with van der Waals surface area (Å²) in [5.41, 5.74) is 3.43. The van der Waals surface area contributed by atoms with Crippen LogP contribution >= 0.6 is 0 Å². The van der Waals surface area contributed by atoms with Gasteiger partial charge < -0.3 is 18.9 Å². The number of hydrogen-bond acceptors (Lipinski definition) is 4. The predicted octanol–water partition coefficient (Wildman–Crippen LogP) is 3.32. The molecule has 2 aromatic rings. The smallest absolute Gasteiger partial charge is 0.410 e. The second kappa shape index (κ2) is 8.16. The van der Waals surface area contributed by atoms with E-state index in [-0.39, 0.29) is 6.09 Å². The van der Waals surface area contributed by atoms with Crippen LogP contribution in [0, 0.1) is 0 Å². The van der Waals surface area contributed by atoms with Gasteiger partial charge in [-0.25, -0.2) is 9.78 Å². The third-order valence-electron chi connectivity index (χ3n) is 4.40. The van der Waals surface area contributed by atoms with Gasteiger partial charge in [0.25, 0.3) is 0 Å². The molecule has 0 aliphatic carbocycles. The van der Waals surface area contributed by atoms with Gasteiger partial charge in [0.05, 0.1) is 13.2 Å². The minimum Gasteiger partial charge on any atom is -0.450 e. The molecule has 1 aliphatic heterocycles. The van der Waals surface area contributed by atoms with Crippen LogP contribution in [0.5, 0.6) is 0 Å². The van der Waals surface area contributed by atoms with Crippen LogP contribution < -0.4 is 0 Å². The summed E-state index contributed by atoms with van der Waals surface area (Å²) in [6.07, 6.45) is 6.68. The molecule has 0 spiro atoms. The normalized spacial score (nSPS) is 14.6. The zero-order valence-electron chi connectivity index (χ0n) is 14.9. The number of pyridine rings is 1. The van der Waals surface area contributed by atoms with Gasteiger partial charge in [0, 0.05) is 49.6 Å². The molecule has 0 N–H and O–H groups in total. The highest BCUT2D eigenvalue weighted by Gasteiger charge is 2.21. The van der Waals surface area contributed by atoms with Gasteiger partial charge in [0.15, 0.2) is 0 Å². The van der Waals surface area contributed by atoms with E-state index in [4.69, 9.17) is 9.47 Å². The molecule has 0 aromatic carbocycles. The number of rotatable bonds is 6. The Morgan fingerprint density at radius 2 is 2.20 bits per heavy atom. The highest BCUT2D eigenvalue weighted by atomic mass is 16.6. The summed E-state index contributed by atoms with van der Waals surface area (Å²) >= 11 is 0. The Bertz CT molecular complexity index is 766. The quantitative estimate of drug-likeness (QED) is 0.755. The van der Waals surface area contributed by atoms with Gasteiger partial charge in [-0.1, -0.05) is 6.08 Å². The van der Waals surface area contributed by atoms with Crippen LogP contribution in [0.3, 0.4) is 0 Å². The molecule has 25 heavy (non-hydrogen) atoms. The van der Waals surface area contributed by atoms with Gasteiger partial charge in [-0.3, -0.25) is 0 Å². The fraction of sp³-hybridized carbons (Fsp3) is 0.474. The molecule has 0 bridgehead atoms. The van der Waals surface area contributed by atoms with Crippen molar-refractivity contribution in [3.05, 3.63) is 36.2 Å². The maximum atomic E-state index is 11.9. The Balaban J connectivity index is 1.83. The average molecular weight is 343 g/mol. The van der Waals surface area contributed by atoms with Gasteiger partial charge in [-0.2, -0.15) is 0 Å². The molecule has 0 unspecified atom stereocenters.